The highest BCUT2D eigenvalue weighted by molar-refractivity contribution is 6.08. The topological polar surface area (TPSA) is 95.5 Å². The number of carbonyl (C=O) groups excluding carboxylic acids is 2. The van der Waals surface area contributed by atoms with Crippen molar-refractivity contribution in [1.29, 1.82) is 0 Å². The highest BCUT2D eigenvalue weighted by atomic mass is 16.4. The van der Waals surface area contributed by atoms with Gasteiger partial charge in [-0.1, -0.05) is 43.2 Å². The minimum absolute atomic E-state index is 0.0281. The lowest BCUT2D eigenvalue weighted by Gasteiger charge is -2.34. The molecule has 2 aliphatic rings. The first-order chi connectivity index (χ1) is 13.5. The van der Waals surface area contributed by atoms with Crippen molar-refractivity contribution < 1.29 is 19.5 Å². The molecule has 1 unspecified atom stereocenters. The molecule has 1 saturated carbocycles. The van der Waals surface area contributed by atoms with Crippen LogP contribution < -0.4 is 10.6 Å². The molecule has 1 saturated heterocycles. The lowest BCUT2D eigenvalue weighted by Crippen LogP contribution is -2.60. The summed E-state index contributed by atoms with van der Waals surface area (Å²) < 4.78 is 0. The molecule has 3 rings (SSSR count). The van der Waals surface area contributed by atoms with Gasteiger partial charge in [-0.3, -0.25) is 14.9 Å². The van der Waals surface area contributed by atoms with Crippen molar-refractivity contribution in [1.82, 2.24) is 10.6 Å². The molecule has 0 aromatic heterocycles. The van der Waals surface area contributed by atoms with Crippen LogP contribution >= 0.6 is 0 Å². The SMILES string of the molecule is O=C(CC1CCCC1)NC(CC(=O)[C@]1(C(=O)O)CCCCN1)c1ccccc1. The molecule has 0 spiro atoms. The van der Waals surface area contributed by atoms with Crippen molar-refractivity contribution in [3.63, 3.8) is 0 Å². The molecular weight excluding hydrogens is 356 g/mol. The number of amides is 1. The number of Topliss-reactive ketones (excluding diaryl/α,β-unsaturated/α-hetero) is 1. The summed E-state index contributed by atoms with van der Waals surface area (Å²) in [7, 11) is 0. The standard InChI is InChI=1S/C22H30N2O4/c25-19(22(21(27)28)12-6-7-13-23-22)15-18(17-10-2-1-3-11-17)24-20(26)14-16-8-4-5-9-16/h1-3,10-11,16,18,23H,4-9,12-15H2,(H,24,26)(H,27,28)/t18?,22-/m0/s1. The summed E-state index contributed by atoms with van der Waals surface area (Å²) in [5.74, 6) is -1.14. The fourth-order valence-electron chi connectivity index (χ4n) is 4.47. The van der Waals surface area contributed by atoms with Crippen molar-refractivity contribution in [3.05, 3.63) is 35.9 Å². The van der Waals surface area contributed by atoms with Crippen LogP contribution in [0.4, 0.5) is 0 Å². The second-order valence-corrected chi connectivity index (χ2v) is 8.11. The lowest BCUT2D eigenvalue weighted by atomic mass is 9.81. The van der Waals surface area contributed by atoms with Crippen molar-refractivity contribution in [2.45, 2.75) is 69.4 Å². The molecule has 1 aliphatic carbocycles. The van der Waals surface area contributed by atoms with Crippen LogP contribution in [-0.4, -0.2) is 34.8 Å². The van der Waals surface area contributed by atoms with Crippen LogP contribution in [0.3, 0.4) is 0 Å². The molecule has 1 heterocycles. The molecule has 6 heteroatoms. The van der Waals surface area contributed by atoms with Crippen molar-refractivity contribution in [2.75, 3.05) is 6.54 Å². The molecule has 0 bridgehead atoms. The van der Waals surface area contributed by atoms with E-state index in [1.807, 2.05) is 30.3 Å². The normalized spacial score (nSPS) is 23.9. The molecule has 2 fully saturated rings. The molecule has 1 aromatic rings. The third-order valence-corrected chi connectivity index (χ3v) is 6.12. The number of carboxylic acid groups (broad SMARTS) is 1. The fourth-order valence-corrected chi connectivity index (χ4v) is 4.47. The van der Waals surface area contributed by atoms with Gasteiger partial charge in [-0.05, 0) is 50.1 Å². The number of carboxylic acids is 1. The summed E-state index contributed by atoms with van der Waals surface area (Å²) in [6, 6.07) is 8.83. The number of hydrogen-bond donors (Lipinski definition) is 3. The lowest BCUT2D eigenvalue weighted by molar-refractivity contribution is -0.151. The number of rotatable bonds is 8. The molecule has 1 aliphatic heterocycles. The van der Waals surface area contributed by atoms with Gasteiger partial charge in [0.05, 0.1) is 6.04 Å². The van der Waals surface area contributed by atoms with Crippen LogP contribution in [0.2, 0.25) is 0 Å². The fraction of sp³-hybridized carbons (Fsp3) is 0.591. The largest absolute Gasteiger partial charge is 0.480 e. The van der Waals surface area contributed by atoms with Gasteiger partial charge in [-0.2, -0.15) is 0 Å². The van der Waals surface area contributed by atoms with Gasteiger partial charge in [-0.15, -0.1) is 0 Å². The molecular formula is C22H30N2O4. The maximum Gasteiger partial charge on any atom is 0.331 e. The van der Waals surface area contributed by atoms with Gasteiger partial charge in [0.15, 0.2) is 11.3 Å². The van der Waals surface area contributed by atoms with Crippen LogP contribution in [0.15, 0.2) is 30.3 Å². The summed E-state index contributed by atoms with van der Waals surface area (Å²) in [5, 5.41) is 15.7. The Labute approximate surface area is 166 Å². The third-order valence-electron chi connectivity index (χ3n) is 6.12. The number of aliphatic carboxylic acids is 1. The smallest absolute Gasteiger partial charge is 0.331 e. The number of hydrogen-bond acceptors (Lipinski definition) is 4. The molecule has 1 amide bonds. The number of carbonyl (C=O) groups is 3. The molecule has 28 heavy (non-hydrogen) atoms. The van der Waals surface area contributed by atoms with E-state index in [-0.39, 0.29) is 18.1 Å². The quantitative estimate of drug-likeness (QED) is 0.597. The van der Waals surface area contributed by atoms with Gasteiger partial charge < -0.3 is 10.4 Å². The van der Waals surface area contributed by atoms with Crippen LogP contribution in [-0.2, 0) is 14.4 Å². The Hall–Kier alpha value is -2.21. The molecule has 6 nitrogen and oxygen atoms in total. The van der Waals surface area contributed by atoms with Crippen LogP contribution in [0.5, 0.6) is 0 Å². The van der Waals surface area contributed by atoms with Crippen molar-refractivity contribution in [2.24, 2.45) is 5.92 Å². The monoisotopic (exact) mass is 386 g/mol. The predicted molar refractivity (Wildman–Crippen MR) is 106 cm³/mol. The average molecular weight is 386 g/mol. The van der Waals surface area contributed by atoms with E-state index in [1.165, 1.54) is 12.8 Å². The van der Waals surface area contributed by atoms with E-state index in [1.54, 1.807) is 0 Å². The van der Waals surface area contributed by atoms with Gasteiger partial charge in [-0.25, -0.2) is 4.79 Å². The zero-order chi connectivity index (χ0) is 20.0. The highest BCUT2D eigenvalue weighted by Gasteiger charge is 2.46. The van der Waals surface area contributed by atoms with Crippen molar-refractivity contribution in [3.8, 4) is 0 Å². The second kappa shape index (κ2) is 9.32. The first kappa shape index (κ1) is 20.5. The Morgan fingerprint density at radius 3 is 2.43 bits per heavy atom. The summed E-state index contributed by atoms with van der Waals surface area (Å²) in [6.45, 7) is 0.516. The van der Waals surface area contributed by atoms with Gasteiger partial charge in [0.2, 0.25) is 5.91 Å². The van der Waals surface area contributed by atoms with Crippen LogP contribution in [0, 0.1) is 5.92 Å². The maximum atomic E-state index is 13.1. The van der Waals surface area contributed by atoms with Gasteiger partial charge >= 0.3 is 5.97 Å². The van der Waals surface area contributed by atoms with Crippen molar-refractivity contribution >= 4 is 17.7 Å². The van der Waals surface area contributed by atoms with E-state index < -0.39 is 17.6 Å². The minimum atomic E-state index is -1.54. The zero-order valence-corrected chi connectivity index (χ0v) is 16.3. The summed E-state index contributed by atoms with van der Waals surface area (Å²) in [6.07, 6.45) is 6.80. The van der Waals surface area contributed by atoms with E-state index in [0.29, 0.717) is 31.7 Å². The summed E-state index contributed by atoms with van der Waals surface area (Å²) >= 11 is 0. The van der Waals surface area contributed by atoms with E-state index in [4.69, 9.17) is 0 Å². The average Bonchev–Trinajstić information content (AvgIpc) is 3.21. The summed E-state index contributed by atoms with van der Waals surface area (Å²) in [5.41, 5.74) is -0.714. The Kier molecular flexibility index (Phi) is 6.83. The van der Waals surface area contributed by atoms with E-state index in [0.717, 1.165) is 24.8 Å². The minimum Gasteiger partial charge on any atom is -0.480 e. The number of piperidine rings is 1. The molecule has 1 aromatic carbocycles. The first-order valence-electron chi connectivity index (χ1n) is 10.4. The highest BCUT2D eigenvalue weighted by Crippen LogP contribution is 2.29. The Morgan fingerprint density at radius 1 is 1.11 bits per heavy atom. The molecule has 2 atom stereocenters. The van der Waals surface area contributed by atoms with E-state index in [2.05, 4.69) is 10.6 Å². The summed E-state index contributed by atoms with van der Waals surface area (Å²) in [4.78, 5) is 37.6. The second-order valence-electron chi connectivity index (χ2n) is 8.11. The van der Waals surface area contributed by atoms with Crippen LogP contribution in [0.25, 0.3) is 0 Å². The third kappa shape index (κ3) is 4.79. The Morgan fingerprint density at radius 2 is 1.82 bits per heavy atom. The first-order valence-corrected chi connectivity index (χ1v) is 10.4. The molecule has 152 valence electrons. The van der Waals surface area contributed by atoms with Gasteiger partial charge in [0.25, 0.3) is 0 Å². The Balaban J connectivity index is 1.74. The maximum absolute atomic E-state index is 13.1. The molecule has 3 N–H and O–H groups in total. The van der Waals surface area contributed by atoms with E-state index in [9.17, 15) is 19.5 Å². The Bertz CT molecular complexity index is 692. The number of nitrogens with one attached hydrogen (secondary N) is 2. The predicted octanol–water partition coefficient (Wildman–Crippen LogP) is 2.98. The van der Waals surface area contributed by atoms with Gasteiger partial charge in [0.1, 0.15) is 0 Å². The zero-order valence-electron chi connectivity index (χ0n) is 16.3. The number of benzene rings is 1. The van der Waals surface area contributed by atoms with Gasteiger partial charge in [0, 0.05) is 12.8 Å². The number of ketones is 1. The van der Waals surface area contributed by atoms with E-state index >= 15 is 0 Å². The van der Waals surface area contributed by atoms with Crippen LogP contribution in [0.1, 0.15) is 69.4 Å². The molecule has 0 radical (unpaired) electrons.